The predicted molar refractivity (Wildman–Crippen MR) is 132 cm³/mol. The van der Waals surface area contributed by atoms with Crippen LogP contribution >= 0.6 is 0 Å². The Kier molecular flexibility index (Phi) is 6.38. The number of allylic oxidation sites excluding steroid dienone is 3. The Balaban J connectivity index is 1.56. The molecule has 0 aromatic heterocycles. The van der Waals surface area contributed by atoms with E-state index in [1.54, 1.807) is 13.0 Å². The molecule has 0 spiro atoms. The Morgan fingerprint density at radius 1 is 0.972 bits per heavy atom. The minimum absolute atomic E-state index is 0.0334. The number of ether oxygens (including phenoxy) is 1. The van der Waals surface area contributed by atoms with Crippen LogP contribution in [0.2, 0.25) is 0 Å². The normalized spacial score (nSPS) is 17.4. The van der Waals surface area contributed by atoms with Gasteiger partial charge in [0.15, 0.2) is 5.78 Å². The number of dihydropyridines is 1. The van der Waals surface area contributed by atoms with Gasteiger partial charge in [0.05, 0.1) is 5.69 Å². The van der Waals surface area contributed by atoms with Crippen LogP contribution in [0, 0.1) is 11.6 Å². The summed E-state index contributed by atoms with van der Waals surface area (Å²) in [6.45, 7) is 1.76. The van der Waals surface area contributed by atoms with Gasteiger partial charge < -0.3 is 15.4 Å². The third kappa shape index (κ3) is 4.64. The topological polar surface area (TPSA) is 67.4 Å². The van der Waals surface area contributed by atoms with Crippen molar-refractivity contribution in [3.05, 3.63) is 113 Å². The Bertz CT molecular complexity index is 1410. The molecule has 5 rings (SSSR count). The number of hydrogen-bond acceptors (Lipinski definition) is 4. The molecule has 0 bridgehead atoms. The van der Waals surface area contributed by atoms with Crippen LogP contribution in [0.5, 0.6) is 11.5 Å². The Labute approximate surface area is 207 Å². The van der Waals surface area contributed by atoms with Crippen molar-refractivity contribution in [2.45, 2.75) is 32.1 Å². The second-order valence-corrected chi connectivity index (χ2v) is 8.83. The number of halogens is 2. The Morgan fingerprint density at radius 2 is 1.75 bits per heavy atom. The van der Waals surface area contributed by atoms with Gasteiger partial charge in [0.1, 0.15) is 23.1 Å². The van der Waals surface area contributed by atoms with Crippen LogP contribution in [0.4, 0.5) is 14.5 Å². The average molecular weight is 487 g/mol. The number of anilines is 1. The molecule has 2 aliphatic rings. The first kappa shape index (κ1) is 23.5. The number of nitrogens with one attached hydrogen (secondary N) is 2. The summed E-state index contributed by atoms with van der Waals surface area (Å²) in [5.41, 5.74) is 2.77. The van der Waals surface area contributed by atoms with E-state index >= 15 is 0 Å². The second-order valence-electron chi connectivity index (χ2n) is 8.83. The molecule has 1 unspecified atom stereocenters. The maximum absolute atomic E-state index is 14.3. The van der Waals surface area contributed by atoms with Crippen molar-refractivity contribution in [1.29, 1.82) is 0 Å². The molecule has 0 saturated carbocycles. The summed E-state index contributed by atoms with van der Waals surface area (Å²) in [6.07, 6.45) is 1.80. The van der Waals surface area contributed by atoms with Gasteiger partial charge in [0, 0.05) is 40.9 Å². The third-order valence-corrected chi connectivity index (χ3v) is 6.37. The first-order chi connectivity index (χ1) is 17.4. The molecule has 1 amide bonds. The van der Waals surface area contributed by atoms with E-state index in [4.69, 9.17) is 4.74 Å². The lowest BCUT2D eigenvalue weighted by Gasteiger charge is -2.34. The predicted octanol–water partition coefficient (Wildman–Crippen LogP) is 6.36. The van der Waals surface area contributed by atoms with Crippen LogP contribution in [0.3, 0.4) is 0 Å². The van der Waals surface area contributed by atoms with Crippen LogP contribution in [0.25, 0.3) is 0 Å². The lowest BCUT2D eigenvalue weighted by molar-refractivity contribution is -0.116. The highest BCUT2D eigenvalue weighted by Crippen LogP contribution is 2.43. The number of amides is 1. The number of ketones is 1. The van der Waals surface area contributed by atoms with Gasteiger partial charge in [0.2, 0.25) is 0 Å². The van der Waals surface area contributed by atoms with Gasteiger partial charge in [-0.25, -0.2) is 8.78 Å². The zero-order valence-electron chi connectivity index (χ0n) is 19.6. The minimum atomic E-state index is -0.881. The van der Waals surface area contributed by atoms with E-state index in [1.165, 1.54) is 6.07 Å². The van der Waals surface area contributed by atoms with E-state index in [2.05, 4.69) is 10.6 Å². The maximum Gasteiger partial charge on any atom is 0.254 e. The molecule has 1 aliphatic carbocycles. The van der Waals surface area contributed by atoms with E-state index < -0.39 is 23.5 Å². The summed E-state index contributed by atoms with van der Waals surface area (Å²) < 4.78 is 33.7. The highest BCUT2D eigenvalue weighted by atomic mass is 19.1. The van der Waals surface area contributed by atoms with E-state index in [0.717, 1.165) is 18.2 Å². The van der Waals surface area contributed by atoms with E-state index in [1.807, 2.05) is 48.5 Å². The van der Waals surface area contributed by atoms with Crippen LogP contribution < -0.4 is 15.4 Å². The van der Waals surface area contributed by atoms with Crippen LogP contribution in [0.15, 0.2) is 95.3 Å². The van der Waals surface area contributed by atoms with Gasteiger partial charge in [-0.2, -0.15) is 0 Å². The number of hydrogen-bond donors (Lipinski definition) is 2. The maximum atomic E-state index is 14.3. The quantitative estimate of drug-likeness (QED) is 0.440. The summed E-state index contributed by atoms with van der Waals surface area (Å²) in [4.78, 5) is 26.6. The van der Waals surface area contributed by atoms with E-state index in [9.17, 15) is 18.4 Å². The highest BCUT2D eigenvalue weighted by Gasteiger charge is 2.38. The summed E-state index contributed by atoms with van der Waals surface area (Å²) in [6, 6.07) is 19.5. The standard InChI is InChI=1S/C29H24F2N2O3/c1-17-26(29(35)33-23-14-13-19(30)16-22(23)31)27(28-24(32-17)11-6-12-25(28)34)18-7-5-10-21(15-18)36-20-8-3-2-4-9-20/h2-5,7-10,13-16,27,32H,6,11-12H2,1H3,(H,33,35). The van der Waals surface area contributed by atoms with Gasteiger partial charge in [-0.3, -0.25) is 9.59 Å². The molecular weight excluding hydrogens is 462 g/mol. The SMILES string of the molecule is CC1=C(C(=O)Nc2ccc(F)cc2F)C(c2cccc(Oc3ccccc3)c2)C2=C(CCCC2=O)N1. The van der Waals surface area contributed by atoms with Gasteiger partial charge in [-0.15, -0.1) is 0 Å². The van der Waals surface area contributed by atoms with Crippen molar-refractivity contribution in [1.82, 2.24) is 5.32 Å². The number of para-hydroxylation sites is 1. The molecule has 0 radical (unpaired) electrons. The minimum Gasteiger partial charge on any atom is -0.457 e. The average Bonchev–Trinajstić information content (AvgIpc) is 2.86. The molecule has 3 aromatic carbocycles. The fourth-order valence-corrected chi connectivity index (χ4v) is 4.78. The van der Waals surface area contributed by atoms with Gasteiger partial charge in [-0.05, 0) is 61.7 Å². The molecule has 182 valence electrons. The molecule has 5 nitrogen and oxygen atoms in total. The van der Waals surface area contributed by atoms with Crippen LogP contribution in [0.1, 0.15) is 37.7 Å². The molecule has 7 heteroatoms. The van der Waals surface area contributed by atoms with Crippen LogP contribution in [-0.2, 0) is 9.59 Å². The van der Waals surface area contributed by atoms with Crippen molar-refractivity contribution < 1.29 is 23.1 Å². The number of carbonyl (C=O) groups excluding carboxylic acids is 2. The molecule has 36 heavy (non-hydrogen) atoms. The zero-order chi connectivity index (χ0) is 25.2. The highest BCUT2D eigenvalue weighted by molar-refractivity contribution is 6.09. The molecule has 0 fully saturated rings. The summed E-state index contributed by atoms with van der Waals surface area (Å²) in [5.74, 6) is -1.68. The van der Waals surface area contributed by atoms with E-state index in [0.29, 0.717) is 52.8 Å². The molecule has 3 aromatic rings. The zero-order valence-corrected chi connectivity index (χ0v) is 19.6. The smallest absolute Gasteiger partial charge is 0.254 e. The summed E-state index contributed by atoms with van der Waals surface area (Å²) in [5, 5.41) is 5.79. The summed E-state index contributed by atoms with van der Waals surface area (Å²) >= 11 is 0. The van der Waals surface area contributed by atoms with Gasteiger partial charge in [0.25, 0.3) is 5.91 Å². The fraction of sp³-hybridized carbons (Fsp3) is 0.172. The van der Waals surface area contributed by atoms with Crippen molar-refractivity contribution in [2.75, 3.05) is 5.32 Å². The first-order valence-electron chi connectivity index (χ1n) is 11.7. The first-order valence-corrected chi connectivity index (χ1v) is 11.7. The lowest BCUT2D eigenvalue weighted by atomic mass is 9.75. The second kappa shape index (κ2) is 9.77. The van der Waals surface area contributed by atoms with Gasteiger partial charge in [-0.1, -0.05) is 30.3 Å². The molecule has 0 saturated heterocycles. The van der Waals surface area contributed by atoms with Crippen molar-refractivity contribution >= 4 is 17.4 Å². The molecule has 2 N–H and O–H groups in total. The van der Waals surface area contributed by atoms with Gasteiger partial charge >= 0.3 is 0 Å². The van der Waals surface area contributed by atoms with Crippen LogP contribution in [-0.4, -0.2) is 11.7 Å². The lowest BCUT2D eigenvalue weighted by Crippen LogP contribution is -2.35. The van der Waals surface area contributed by atoms with Crippen molar-refractivity contribution in [3.8, 4) is 11.5 Å². The molecule has 1 aliphatic heterocycles. The molecule has 1 atom stereocenters. The van der Waals surface area contributed by atoms with E-state index in [-0.39, 0.29) is 11.5 Å². The Morgan fingerprint density at radius 3 is 2.53 bits per heavy atom. The van der Waals surface area contributed by atoms with Crippen molar-refractivity contribution in [3.63, 3.8) is 0 Å². The number of rotatable bonds is 5. The third-order valence-electron chi connectivity index (χ3n) is 6.37. The van der Waals surface area contributed by atoms with Crippen molar-refractivity contribution in [2.24, 2.45) is 0 Å². The number of benzene rings is 3. The Hall–Kier alpha value is -4.26. The largest absolute Gasteiger partial charge is 0.457 e. The number of Topliss-reactive ketones (excluding diaryl/α,β-unsaturated/α-hetero) is 1. The number of carbonyl (C=O) groups is 2. The molecule has 1 heterocycles. The monoisotopic (exact) mass is 486 g/mol. The summed E-state index contributed by atoms with van der Waals surface area (Å²) in [7, 11) is 0. The molecular formula is C29H24F2N2O3. The fourth-order valence-electron chi connectivity index (χ4n) is 4.78.